The molecule has 0 spiro atoms. The van der Waals surface area contributed by atoms with Crippen molar-refractivity contribution >= 4 is 29.1 Å². The summed E-state index contributed by atoms with van der Waals surface area (Å²) in [5, 5.41) is 0.170. The molecule has 3 aliphatic rings. The molecule has 2 atom stereocenters. The standard InChI is InChI=1S/C28H34N4O6S/c1-29-25(34)28(26(35)30(2)27(29)39,12-18-9-10-21(36-3)24(38-5)23(18)37-4)16-31-13-17-11-19(15-31)20-7-6-8-22(33)32(20)14-17/h6-10,17,19H,11-16H2,1-5H3/t17-,19-/m1/s1. The lowest BCUT2D eigenvalue weighted by Crippen LogP contribution is -2.67. The highest BCUT2D eigenvalue weighted by atomic mass is 32.1. The molecule has 0 N–H and O–H groups in total. The Balaban J connectivity index is 1.56. The van der Waals surface area contributed by atoms with Gasteiger partial charge in [0.1, 0.15) is 5.41 Å². The fourth-order valence-corrected chi connectivity index (χ4v) is 6.77. The van der Waals surface area contributed by atoms with Gasteiger partial charge in [0, 0.05) is 64.4 Å². The molecular formula is C28H34N4O6S. The van der Waals surface area contributed by atoms with E-state index in [-0.39, 0.29) is 47.3 Å². The smallest absolute Gasteiger partial charge is 0.250 e. The predicted molar refractivity (Wildman–Crippen MR) is 148 cm³/mol. The highest BCUT2D eigenvalue weighted by Gasteiger charge is 2.56. The molecule has 1 aromatic carbocycles. The van der Waals surface area contributed by atoms with Gasteiger partial charge in [-0.1, -0.05) is 12.1 Å². The number of benzene rings is 1. The van der Waals surface area contributed by atoms with Crippen LogP contribution in [0.3, 0.4) is 0 Å². The zero-order valence-corrected chi connectivity index (χ0v) is 23.7. The van der Waals surface area contributed by atoms with Gasteiger partial charge in [-0.3, -0.25) is 24.2 Å². The van der Waals surface area contributed by atoms with Crippen molar-refractivity contribution in [2.24, 2.45) is 11.3 Å². The van der Waals surface area contributed by atoms with E-state index in [1.165, 1.54) is 31.1 Å². The first-order valence-corrected chi connectivity index (χ1v) is 13.4. The molecule has 2 bridgehead atoms. The van der Waals surface area contributed by atoms with Crippen LogP contribution < -0.4 is 19.8 Å². The Morgan fingerprint density at radius 2 is 1.59 bits per heavy atom. The molecule has 10 nitrogen and oxygen atoms in total. The second-order valence-corrected chi connectivity index (χ2v) is 11.0. The molecule has 4 heterocycles. The number of hydrogen-bond acceptors (Lipinski definition) is 8. The van der Waals surface area contributed by atoms with Gasteiger partial charge in [0.25, 0.3) is 5.56 Å². The molecule has 2 fully saturated rings. The van der Waals surface area contributed by atoms with E-state index in [0.717, 1.165) is 12.1 Å². The van der Waals surface area contributed by atoms with Gasteiger partial charge in [-0.15, -0.1) is 0 Å². The van der Waals surface area contributed by atoms with Crippen molar-refractivity contribution in [2.75, 3.05) is 55.1 Å². The molecule has 5 rings (SSSR count). The molecule has 3 aliphatic heterocycles. The number of carbonyl (C=O) groups is 2. The number of fused-ring (bicyclic) bond motifs is 4. The van der Waals surface area contributed by atoms with Gasteiger partial charge < -0.3 is 23.7 Å². The van der Waals surface area contributed by atoms with Gasteiger partial charge in [0.2, 0.25) is 17.6 Å². The number of hydrogen-bond donors (Lipinski definition) is 0. The average Bonchev–Trinajstić information content (AvgIpc) is 2.94. The van der Waals surface area contributed by atoms with Crippen LogP contribution in [-0.4, -0.2) is 91.3 Å². The lowest BCUT2D eigenvalue weighted by molar-refractivity contribution is -0.157. The summed E-state index contributed by atoms with van der Waals surface area (Å²) < 4.78 is 18.6. The first-order valence-electron chi connectivity index (χ1n) is 12.9. The number of rotatable bonds is 7. The lowest BCUT2D eigenvalue weighted by Gasteiger charge is -2.48. The van der Waals surface area contributed by atoms with Crippen LogP contribution in [0.4, 0.5) is 0 Å². The topological polar surface area (TPSA) is 93.6 Å². The van der Waals surface area contributed by atoms with E-state index in [2.05, 4.69) is 4.90 Å². The SMILES string of the molecule is COc1ccc(CC2(CN3C[C@H]4C[C@H](C3)c3cccc(=O)n3C4)C(=O)N(C)C(=S)N(C)C2=O)c(OC)c1OC. The van der Waals surface area contributed by atoms with E-state index < -0.39 is 5.41 Å². The van der Waals surface area contributed by atoms with Crippen molar-refractivity contribution < 1.29 is 23.8 Å². The first-order chi connectivity index (χ1) is 18.6. The second kappa shape index (κ2) is 10.3. The number of ether oxygens (including phenoxy) is 3. The van der Waals surface area contributed by atoms with Crippen LogP contribution in [0.15, 0.2) is 35.1 Å². The minimum Gasteiger partial charge on any atom is -0.493 e. The summed E-state index contributed by atoms with van der Waals surface area (Å²) in [4.78, 5) is 45.7. The van der Waals surface area contributed by atoms with Crippen molar-refractivity contribution in [3.05, 3.63) is 51.9 Å². The number of methoxy groups -OCH3 is 3. The van der Waals surface area contributed by atoms with Crippen molar-refractivity contribution in [3.8, 4) is 17.2 Å². The third kappa shape index (κ3) is 4.37. The third-order valence-corrected chi connectivity index (χ3v) is 8.88. The molecule has 2 amide bonds. The summed E-state index contributed by atoms with van der Waals surface area (Å²) in [6, 6.07) is 8.97. The summed E-state index contributed by atoms with van der Waals surface area (Å²) >= 11 is 5.42. The van der Waals surface area contributed by atoms with Crippen LogP contribution in [0.1, 0.15) is 23.6 Å². The molecule has 0 unspecified atom stereocenters. The normalized spacial score (nSPS) is 22.5. The number of carbonyl (C=O) groups excluding carboxylic acids is 2. The third-order valence-electron chi connectivity index (χ3n) is 8.33. The number of amides is 2. The van der Waals surface area contributed by atoms with Crippen molar-refractivity contribution in [2.45, 2.75) is 25.3 Å². The zero-order valence-electron chi connectivity index (χ0n) is 22.9. The quantitative estimate of drug-likeness (QED) is 0.378. The fraction of sp³-hybridized carbons (Fsp3) is 0.500. The van der Waals surface area contributed by atoms with Crippen LogP contribution in [0.2, 0.25) is 0 Å². The maximum absolute atomic E-state index is 14.1. The Morgan fingerprint density at radius 3 is 2.23 bits per heavy atom. The summed E-state index contributed by atoms with van der Waals surface area (Å²) in [6.07, 6.45) is 1.07. The minimum atomic E-state index is -1.44. The Hall–Kier alpha value is -3.44. The molecule has 2 saturated heterocycles. The second-order valence-electron chi connectivity index (χ2n) is 10.7. The highest BCUT2D eigenvalue weighted by molar-refractivity contribution is 7.80. The Bertz CT molecular complexity index is 1370. The maximum atomic E-state index is 14.1. The van der Waals surface area contributed by atoms with E-state index in [1.54, 1.807) is 32.3 Å². The van der Waals surface area contributed by atoms with Crippen LogP contribution in [0.5, 0.6) is 17.2 Å². The van der Waals surface area contributed by atoms with E-state index >= 15 is 0 Å². The van der Waals surface area contributed by atoms with Gasteiger partial charge >= 0.3 is 0 Å². The maximum Gasteiger partial charge on any atom is 0.250 e. The number of pyridine rings is 1. The molecule has 0 saturated carbocycles. The van der Waals surface area contributed by atoms with Crippen molar-refractivity contribution in [3.63, 3.8) is 0 Å². The van der Waals surface area contributed by atoms with E-state index in [0.29, 0.717) is 42.4 Å². The summed E-state index contributed by atoms with van der Waals surface area (Å²) in [5.74, 6) is 0.995. The average molecular weight is 555 g/mol. The molecular weight excluding hydrogens is 520 g/mol. The fourth-order valence-electron chi connectivity index (χ4n) is 6.61. The number of piperidine rings is 1. The van der Waals surface area contributed by atoms with Crippen LogP contribution in [0.25, 0.3) is 0 Å². The molecule has 0 aliphatic carbocycles. The molecule has 39 heavy (non-hydrogen) atoms. The highest BCUT2D eigenvalue weighted by Crippen LogP contribution is 2.44. The first kappa shape index (κ1) is 27.1. The van der Waals surface area contributed by atoms with Gasteiger partial charge in [-0.2, -0.15) is 0 Å². The number of thiocarbonyl (C=S) groups is 1. The Kier molecular flexibility index (Phi) is 7.15. The molecule has 208 valence electrons. The summed E-state index contributed by atoms with van der Waals surface area (Å²) in [7, 11) is 7.81. The summed E-state index contributed by atoms with van der Waals surface area (Å²) in [5.41, 5.74) is 0.235. The Labute approximate surface area is 233 Å². The molecule has 2 aromatic rings. The number of nitrogens with zero attached hydrogens (tertiary/aromatic N) is 4. The monoisotopic (exact) mass is 554 g/mol. The Morgan fingerprint density at radius 1 is 0.897 bits per heavy atom. The summed E-state index contributed by atoms with van der Waals surface area (Å²) in [6.45, 7) is 2.16. The van der Waals surface area contributed by atoms with Gasteiger partial charge in [0.05, 0.1) is 21.3 Å². The predicted octanol–water partition coefficient (Wildman–Crippen LogP) is 1.74. The molecule has 0 radical (unpaired) electrons. The van der Waals surface area contributed by atoms with Gasteiger partial charge in [-0.25, -0.2) is 0 Å². The van der Waals surface area contributed by atoms with Crippen molar-refractivity contribution in [1.82, 2.24) is 19.3 Å². The number of likely N-dealkylation sites (tertiary alicyclic amines) is 1. The van der Waals surface area contributed by atoms with Crippen molar-refractivity contribution in [1.29, 1.82) is 0 Å². The largest absolute Gasteiger partial charge is 0.493 e. The van der Waals surface area contributed by atoms with Crippen LogP contribution in [0, 0.1) is 11.3 Å². The molecule has 1 aromatic heterocycles. The number of aromatic nitrogens is 1. The van der Waals surface area contributed by atoms with Gasteiger partial charge in [-0.05, 0) is 42.3 Å². The van der Waals surface area contributed by atoms with Crippen LogP contribution in [-0.2, 0) is 22.6 Å². The molecule has 11 heteroatoms. The van der Waals surface area contributed by atoms with Gasteiger partial charge in [0.15, 0.2) is 16.6 Å². The minimum absolute atomic E-state index is 0.0158. The van der Waals surface area contributed by atoms with E-state index in [1.807, 2.05) is 16.7 Å². The van der Waals surface area contributed by atoms with E-state index in [4.69, 9.17) is 26.4 Å². The zero-order chi connectivity index (χ0) is 28.1. The lowest BCUT2D eigenvalue weighted by atomic mass is 9.75. The van der Waals surface area contributed by atoms with E-state index in [9.17, 15) is 14.4 Å². The van der Waals surface area contributed by atoms with Crippen LogP contribution >= 0.6 is 12.2 Å².